The van der Waals surface area contributed by atoms with E-state index in [0.29, 0.717) is 18.8 Å². The van der Waals surface area contributed by atoms with Gasteiger partial charge in [0.2, 0.25) is 0 Å². The van der Waals surface area contributed by atoms with Gasteiger partial charge in [-0.05, 0) is 40.0 Å². The lowest BCUT2D eigenvalue weighted by molar-refractivity contribution is -0.160. The van der Waals surface area contributed by atoms with E-state index < -0.39 is 0 Å². The van der Waals surface area contributed by atoms with Crippen molar-refractivity contribution in [3.8, 4) is 0 Å². The van der Waals surface area contributed by atoms with Crippen LogP contribution in [0.3, 0.4) is 0 Å². The first-order valence-electron chi connectivity index (χ1n) is 8.18. The van der Waals surface area contributed by atoms with Gasteiger partial charge in [0.15, 0.2) is 0 Å². The molecule has 4 heteroatoms. The summed E-state index contributed by atoms with van der Waals surface area (Å²) in [5, 5.41) is 3.50. The van der Waals surface area contributed by atoms with Gasteiger partial charge in [0.05, 0.1) is 12.7 Å². The van der Waals surface area contributed by atoms with Gasteiger partial charge in [0.25, 0.3) is 0 Å². The molecule has 0 radical (unpaired) electrons. The fourth-order valence-corrected chi connectivity index (χ4v) is 3.93. The Hall–Kier alpha value is -0.610. The molecule has 0 aromatic heterocycles. The second kappa shape index (κ2) is 6.90. The Labute approximate surface area is 122 Å². The number of nitrogens with one attached hydrogen (secondary N) is 1. The number of hydrogen-bond acceptors (Lipinski definition) is 4. The standard InChI is InChI=1S/C16H29NO3/c1-4-19-14-11-13(16(14)9-7-6-8-10-16)17-12(3)15(18)20-5-2/h12-14,17H,4-11H2,1-3H3. The highest BCUT2D eigenvalue weighted by molar-refractivity contribution is 5.75. The predicted octanol–water partition coefficient (Wildman–Crippen LogP) is 2.66. The quantitative estimate of drug-likeness (QED) is 0.761. The van der Waals surface area contributed by atoms with E-state index in [1.807, 2.05) is 13.8 Å². The van der Waals surface area contributed by atoms with Crippen LogP contribution >= 0.6 is 0 Å². The van der Waals surface area contributed by atoms with Crippen LogP contribution in [0.2, 0.25) is 0 Å². The topological polar surface area (TPSA) is 47.6 Å². The van der Waals surface area contributed by atoms with Crippen molar-refractivity contribution in [2.24, 2.45) is 5.41 Å². The molecule has 0 heterocycles. The van der Waals surface area contributed by atoms with Crippen LogP contribution in [0.15, 0.2) is 0 Å². The summed E-state index contributed by atoms with van der Waals surface area (Å²) in [5.74, 6) is -0.140. The molecule has 2 fully saturated rings. The fraction of sp³-hybridized carbons (Fsp3) is 0.938. The van der Waals surface area contributed by atoms with Gasteiger partial charge >= 0.3 is 5.97 Å². The molecule has 0 bridgehead atoms. The summed E-state index contributed by atoms with van der Waals surface area (Å²) in [6, 6.07) is 0.181. The lowest BCUT2D eigenvalue weighted by Crippen LogP contribution is -2.66. The van der Waals surface area contributed by atoms with Crippen molar-refractivity contribution in [1.82, 2.24) is 5.32 Å². The average Bonchev–Trinajstić information content (AvgIpc) is 2.47. The SMILES string of the molecule is CCOC(=O)C(C)NC1CC(OCC)C12CCCCC2. The molecule has 3 unspecified atom stereocenters. The molecule has 2 saturated carbocycles. The number of hydrogen-bond donors (Lipinski definition) is 1. The van der Waals surface area contributed by atoms with E-state index in [1.54, 1.807) is 0 Å². The molecule has 3 atom stereocenters. The summed E-state index contributed by atoms with van der Waals surface area (Å²) in [4.78, 5) is 11.8. The molecule has 0 aromatic rings. The van der Waals surface area contributed by atoms with Crippen molar-refractivity contribution in [3.05, 3.63) is 0 Å². The number of ether oxygens (including phenoxy) is 2. The number of carbonyl (C=O) groups is 1. The summed E-state index contributed by atoms with van der Waals surface area (Å²) in [6.07, 6.45) is 7.76. The Morgan fingerprint density at radius 2 is 1.95 bits per heavy atom. The molecule has 2 aliphatic rings. The first-order chi connectivity index (χ1) is 9.64. The van der Waals surface area contributed by atoms with Crippen LogP contribution in [0.4, 0.5) is 0 Å². The van der Waals surface area contributed by atoms with Crippen molar-refractivity contribution < 1.29 is 14.3 Å². The van der Waals surface area contributed by atoms with E-state index in [2.05, 4.69) is 12.2 Å². The van der Waals surface area contributed by atoms with Crippen LogP contribution < -0.4 is 5.32 Å². The van der Waals surface area contributed by atoms with Gasteiger partial charge < -0.3 is 14.8 Å². The van der Waals surface area contributed by atoms with E-state index in [0.717, 1.165) is 13.0 Å². The molecule has 116 valence electrons. The molecule has 2 rings (SSSR count). The normalized spacial score (nSPS) is 29.8. The number of rotatable bonds is 6. The number of esters is 1. The second-order valence-corrected chi connectivity index (χ2v) is 6.17. The van der Waals surface area contributed by atoms with Crippen LogP contribution in [0.25, 0.3) is 0 Å². The van der Waals surface area contributed by atoms with Crippen LogP contribution in [0.1, 0.15) is 59.3 Å². The van der Waals surface area contributed by atoms with Gasteiger partial charge in [-0.1, -0.05) is 19.3 Å². The Morgan fingerprint density at radius 3 is 2.55 bits per heavy atom. The zero-order chi connectivity index (χ0) is 14.6. The van der Waals surface area contributed by atoms with Crippen molar-refractivity contribution in [2.75, 3.05) is 13.2 Å². The largest absolute Gasteiger partial charge is 0.465 e. The maximum Gasteiger partial charge on any atom is 0.322 e. The molecular weight excluding hydrogens is 254 g/mol. The minimum absolute atomic E-state index is 0.140. The van der Waals surface area contributed by atoms with Crippen molar-refractivity contribution in [3.63, 3.8) is 0 Å². The Kier molecular flexibility index (Phi) is 5.44. The lowest BCUT2D eigenvalue weighted by Gasteiger charge is -2.58. The minimum Gasteiger partial charge on any atom is -0.465 e. The van der Waals surface area contributed by atoms with E-state index in [9.17, 15) is 4.79 Å². The first-order valence-corrected chi connectivity index (χ1v) is 8.18. The van der Waals surface area contributed by atoms with E-state index >= 15 is 0 Å². The lowest BCUT2D eigenvalue weighted by atomic mass is 9.55. The predicted molar refractivity (Wildman–Crippen MR) is 78.6 cm³/mol. The molecule has 0 aliphatic heterocycles. The highest BCUT2D eigenvalue weighted by Crippen LogP contribution is 2.53. The third-order valence-corrected chi connectivity index (χ3v) is 5.03. The zero-order valence-electron chi connectivity index (χ0n) is 13.1. The van der Waals surface area contributed by atoms with Crippen molar-refractivity contribution in [1.29, 1.82) is 0 Å². The molecule has 0 saturated heterocycles. The van der Waals surface area contributed by atoms with Gasteiger partial charge in [-0.2, -0.15) is 0 Å². The molecular formula is C16H29NO3. The van der Waals surface area contributed by atoms with E-state index in [-0.39, 0.29) is 17.4 Å². The summed E-state index contributed by atoms with van der Waals surface area (Å²) >= 11 is 0. The van der Waals surface area contributed by atoms with Crippen LogP contribution in [0, 0.1) is 5.41 Å². The monoisotopic (exact) mass is 283 g/mol. The first kappa shape index (κ1) is 15.8. The summed E-state index contributed by atoms with van der Waals surface area (Å²) in [6.45, 7) is 7.05. The molecule has 0 aromatic carbocycles. The number of carbonyl (C=O) groups excluding carboxylic acids is 1. The molecule has 2 aliphatic carbocycles. The van der Waals surface area contributed by atoms with Crippen LogP contribution in [0.5, 0.6) is 0 Å². The summed E-state index contributed by atoms with van der Waals surface area (Å²) in [5.41, 5.74) is 0.259. The third kappa shape index (κ3) is 3.01. The third-order valence-electron chi connectivity index (χ3n) is 5.03. The molecule has 1 N–H and O–H groups in total. The van der Waals surface area contributed by atoms with Crippen LogP contribution in [-0.2, 0) is 14.3 Å². The highest BCUT2D eigenvalue weighted by Gasteiger charge is 2.55. The molecule has 1 spiro atoms. The van der Waals surface area contributed by atoms with E-state index in [4.69, 9.17) is 9.47 Å². The minimum atomic E-state index is -0.221. The maximum atomic E-state index is 11.8. The molecule has 0 amide bonds. The van der Waals surface area contributed by atoms with Crippen molar-refractivity contribution >= 4 is 5.97 Å². The fourth-order valence-electron chi connectivity index (χ4n) is 3.93. The van der Waals surface area contributed by atoms with Crippen LogP contribution in [-0.4, -0.2) is 37.4 Å². The maximum absolute atomic E-state index is 11.8. The van der Waals surface area contributed by atoms with Gasteiger partial charge in [0.1, 0.15) is 6.04 Å². The van der Waals surface area contributed by atoms with Crippen molar-refractivity contribution in [2.45, 2.75) is 77.5 Å². The van der Waals surface area contributed by atoms with Gasteiger partial charge in [0, 0.05) is 18.1 Å². The average molecular weight is 283 g/mol. The van der Waals surface area contributed by atoms with E-state index in [1.165, 1.54) is 32.1 Å². The Morgan fingerprint density at radius 1 is 1.25 bits per heavy atom. The zero-order valence-corrected chi connectivity index (χ0v) is 13.1. The Balaban J connectivity index is 1.95. The second-order valence-electron chi connectivity index (χ2n) is 6.17. The smallest absolute Gasteiger partial charge is 0.322 e. The molecule has 20 heavy (non-hydrogen) atoms. The Bertz CT molecular complexity index is 326. The van der Waals surface area contributed by atoms with Gasteiger partial charge in [-0.15, -0.1) is 0 Å². The summed E-state index contributed by atoms with van der Waals surface area (Å²) in [7, 11) is 0. The van der Waals surface area contributed by atoms with Gasteiger partial charge in [-0.3, -0.25) is 4.79 Å². The summed E-state index contributed by atoms with van der Waals surface area (Å²) < 4.78 is 11.0. The molecule has 4 nitrogen and oxygen atoms in total. The highest BCUT2D eigenvalue weighted by atomic mass is 16.5. The van der Waals surface area contributed by atoms with Gasteiger partial charge in [-0.25, -0.2) is 0 Å².